The van der Waals surface area contributed by atoms with E-state index < -0.39 is 56.0 Å². The number of non-ortho nitro benzene ring substituents is 1. The molecule has 0 aromatic heterocycles. The lowest BCUT2D eigenvalue weighted by Gasteiger charge is -2.27. The minimum Gasteiger partial charge on any atom is -0.333 e. The highest BCUT2D eigenvalue weighted by atomic mass is 19.4. The largest absolute Gasteiger partial charge is 0.418 e. The van der Waals surface area contributed by atoms with Gasteiger partial charge in [-0.3, -0.25) is 20.2 Å². The third kappa shape index (κ3) is 4.15. The molecule has 0 fully saturated rings. The Morgan fingerprint density at radius 1 is 1.04 bits per heavy atom. The van der Waals surface area contributed by atoms with Crippen LogP contribution in [0, 0.1) is 31.9 Å². The lowest BCUT2D eigenvalue weighted by atomic mass is 10.1. The van der Waals surface area contributed by atoms with E-state index in [1.807, 2.05) is 0 Å². The minimum atomic E-state index is -5.21. The van der Waals surface area contributed by atoms with Crippen molar-refractivity contribution in [3.63, 3.8) is 0 Å². The van der Waals surface area contributed by atoms with E-state index in [-0.39, 0.29) is 19.0 Å². The Balaban J connectivity index is 2.91. The zero-order valence-electron chi connectivity index (χ0n) is 14.2. The number of benzene rings is 2. The zero-order valence-corrected chi connectivity index (χ0v) is 14.2. The molecule has 2 rings (SSSR count). The molecule has 0 aliphatic rings. The van der Waals surface area contributed by atoms with Crippen molar-refractivity contribution in [2.24, 2.45) is 0 Å². The highest BCUT2D eigenvalue weighted by Gasteiger charge is 2.42. The lowest BCUT2D eigenvalue weighted by molar-refractivity contribution is -0.394. The van der Waals surface area contributed by atoms with Crippen LogP contribution < -0.4 is 4.90 Å². The first-order valence-electron chi connectivity index (χ1n) is 7.74. The summed E-state index contributed by atoms with van der Waals surface area (Å²) in [7, 11) is 0. The topological polar surface area (TPSA) is 89.5 Å². The van der Waals surface area contributed by atoms with Gasteiger partial charge in [-0.25, -0.2) is 8.78 Å². The molecule has 0 heterocycles. The second-order valence-electron chi connectivity index (χ2n) is 5.62. The molecule has 7 nitrogen and oxygen atoms in total. The van der Waals surface area contributed by atoms with Gasteiger partial charge < -0.3 is 4.90 Å². The molecular formula is C16H12F5N3O4. The summed E-state index contributed by atoms with van der Waals surface area (Å²) in [4.78, 5) is 20.6. The summed E-state index contributed by atoms with van der Waals surface area (Å²) in [5.74, 6) is -2.24. The van der Waals surface area contributed by atoms with Gasteiger partial charge in [0.25, 0.3) is 11.4 Å². The predicted molar refractivity (Wildman–Crippen MR) is 88.4 cm³/mol. The minimum absolute atomic E-state index is 0.141. The van der Waals surface area contributed by atoms with Crippen LogP contribution in [0.15, 0.2) is 30.3 Å². The first kappa shape index (κ1) is 21.0. The Morgan fingerprint density at radius 3 is 2.14 bits per heavy atom. The molecule has 0 aliphatic heterocycles. The Hall–Kier alpha value is -3.31. The van der Waals surface area contributed by atoms with Gasteiger partial charge in [0.05, 0.1) is 27.2 Å². The SMILES string of the molecule is CCCN(c1ccc(F)cc1F)c1c([N+](=O)[O-])cc([N+](=O)[O-])cc1C(F)(F)F. The number of nitro benzene ring substituents is 2. The van der Waals surface area contributed by atoms with Crippen molar-refractivity contribution < 1.29 is 31.8 Å². The lowest BCUT2D eigenvalue weighted by Crippen LogP contribution is -2.24. The molecule has 0 saturated carbocycles. The van der Waals surface area contributed by atoms with Gasteiger partial charge in [-0.1, -0.05) is 6.92 Å². The van der Waals surface area contributed by atoms with Crippen molar-refractivity contribution in [3.05, 3.63) is 67.8 Å². The standard InChI is InChI=1S/C16H12F5N3O4/c1-2-5-22(13-4-3-9(17)6-12(13)18)15-11(16(19,20)21)7-10(23(25)26)8-14(15)24(27)28/h3-4,6-8H,2,5H2,1H3. The first-order valence-corrected chi connectivity index (χ1v) is 7.74. The average molecular weight is 405 g/mol. The summed E-state index contributed by atoms with van der Waals surface area (Å²) in [6.45, 7) is 1.23. The number of anilines is 2. The molecule has 150 valence electrons. The summed E-state index contributed by atoms with van der Waals surface area (Å²) in [6, 6.07) is 2.56. The number of hydrogen-bond acceptors (Lipinski definition) is 5. The van der Waals surface area contributed by atoms with E-state index in [0.29, 0.717) is 17.0 Å². The molecule has 0 unspecified atom stereocenters. The van der Waals surface area contributed by atoms with Crippen LogP contribution in [0.1, 0.15) is 18.9 Å². The summed E-state index contributed by atoms with van der Waals surface area (Å²) in [5, 5.41) is 22.3. The van der Waals surface area contributed by atoms with Gasteiger partial charge in [0, 0.05) is 18.7 Å². The second kappa shape index (κ2) is 7.74. The monoisotopic (exact) mass is 405 g/mol. The Kier molecular flexibility index (Phi) is 5.81. The van der Waals surface area contributed by atoms with Crippen LogP contribution in [-0.2, 0) is 6.18 Å². The molecule has 0 spiro atoms. The smallest absolute Gasteiger partial charge is 0.333 e. The molecule has 2 aromatic rings. The maximum Gasteiger partial charge on any atom is 0.418 e. The summed E-state index contributed by atoms with van der Waals surface area (Å²) in [6.07, 6.45) is -5.07. The zero-order chi connectivity index (χ0) is 21.2. The van der Waals surface area contributed by atoms with E-state index in [0.717, 1.165) is 12.1 Å². The molecular weight excluding hydrogens is 393 g/mol. The van der Waals surface area contributed by atoms with Crippen LogP contribution in [0.3, 0.4) is 0 Å². The van der Waals surface area contributed by atoms with Gasteiger partial charge in [-0.2, -0.15) is 13.2 Å². The van der Waals surface area contributed by atoms with Crippen molar-refractivity contribution in [1.29, 1.82) is 0 Å². The van der Waals surface area contributed by atoms with E-state index in [1.165, 1.54) is 6.92 Å². The molecule has 12 heteroatoms. The van der Waals surface area contributed by atoms with Crippen LogP contribution in [-0.4, -0.2) is 16.4 Å². The van der Waals surface area contributed by atoms with Crippen LogP contribution in [0.4, 0.5) is 44.7 Å². The molecule has 2 aromatic carbocycles. The summed E-state index contributed by atoms with van der Waals surface area (Å²) >= 11 is 0. The van der Waals surface area contributed by atoms with Gasteiger partial charge in [-0.15, -0.1) is 0 Å². The maximum atomic E-state index is 14.2. The molecule has 0 bridgehead atoms. The average Bonchev–Trinajstić information content (AvgIpc) is 2.58. The summed E-state index contributed by atoms with van der Waals surface area (Å²) < 4.78 is 68.2. The molecule has 0 N–H and O–H groups in total. The Bertz CT molecular complexity index is 933. The molecule has 0 amide bonds. The predicted octanol–water partition coefficient (Wildman–Crippen LogP) is 5.35. The Labute approximate surface area is 154 Å². The quantitative estimate of drug-likeness (QED) is 0.367. The van der Waals surface area contributed by atoms with Crippen molar-refractivity contribution in [2.45, 2.75) is 19.5 Å². The van der Waals surface area contributed by atoms with Gasteiger partial charge in [0.2, 0.25) is 0 Å². The van der Waals surface area contributed by atoms with Crippen LogP contribution in [0.2, 0.25) is 0 Å². The summed E-state index contributed by atoms with van der Waals surface area (Å²) in [5.41, 5.74) is -5.63. The maximum absolute atomic E-state index is 14.2. The van der Waals surface area contributed by atoms with E-state index in [1.54, 1.807) is 0 Å². The van der Waals surface area contributed by atoms with E-state index >= 15 is 0 Å². The molecule has 28 heavy (non-hydrogen) atoms. The number of nitrogens with zero attached hydrogens (tertiary/aromatic N) is 3. The fourth-order valence-corrected chi connectivity index (χ4v) is 2.63. The third-order valence-electron chi connectivity index (χ3n) is 3.71. The van der Waals surface area contributed by atoms with E-state index in [2.05, 4.69) is 0 Å². The first-order chi connectivity index (χ1) is 13.0. The van der Waals surface area contributed by atoms with E-state index in [4.69, 9.17) is 0 Å². The highest BCUT2D eigenvalue weighted by Crippen LogP contribution is 2.47. The van der Waals surface area contributed by atoms with Gasteiger partial charge in [0.15, 0.2) is 0 Å². The molecule has 0 saturated heterocycles. The fraction of sp³-hybridized carbons (Fsp3) is 0.250. The number of rotatable bonds is 6. The van der Waals surface area contributed by atoms with Crippen LogP contribution in [0.5, 0.6) is 0 Å². The van der Waals surface area contributed by atoms with Crippen molar-refractivity contribution in [3.8, 4) is 0 Å². The second-order valence-corrected chi connectivity index (χ2v) is 5.62. The number of halogens is 5. The van der Waals surface area contributed by atoms with E-state index in [9.17, 15) is 42.2 Å². The van der Waals surface area contributed by atoms with Crippen molar-refractivity contribution in [1.82, 2.24) is 0 Å². The number of hydrogen-bond donors (Lipinski definition) is 0. The molecule has 0 radical (unpaired) electrons. The Morgan fingerprint density at radius 2 is 1.68 bits per heavy atom. The van der Waals surface area contributed by atoms with Gasteiger partial charge in [0.1, 0.15) is 17.3 Å². The number of nitro groups is 2. The van der Waals surface area contributed by atoms with Gasteiger partial charge in [-0.05, 0) is 18.6 Å². The van der Waals surface area contributed by atoms with Crippen LogP contribution in [0.25, 0.3) is 0 Å². The molecule has 0 atom stereocenters. The molecule has 0 aliphatic carbocycles. The van der Waals surface area contributed by atoms with Crippen molar-refractivity contribution in [2.75, 3.05) is 11.4 Å². The van der Waals surface area contributed by atoms with Gasteiger partial charge >= 0.3 is 6.18 Å². The third-order valence-corrected chi connectivity index (χ3v) is 3.71. The van der Waals surface area contributed by atoms with Crippen LogP contribution >= 0.6 is 0 Å². The number of alkyl halides is 3. The normalized spacial score (nSPS) is 11.4. The van der Waals surface area contributed by atoms with Crippen molar-refractivity contribution >= 4 is 22.7 Å². The highest BCUT2D eigenvalue weighted by molar-refractivity contribution is 5.78. The fourth-order valence-electron chi connectivity index (χ4n) is 2.63.